The predicted molar refractivity (Wildman–Crippen MR) is 116 cm³/mol. The molecule has 16 heteroatoms. The first kappa shape index (κ1) is 29.8. The molecule has 2 atom stereocenters. The number of fused-ring (bicyclic) bond motifs is 1. The van der Waals surface area contributed by atoms with Crippen LogP contribution in [0.25, 0.3) is 10.8 Å². The Labute approximate surface area is 207 Å². The Kier molecular flexibility index (Phi) is 8.13. The summed E-state index contributed by atoms with van der Waals surface area (Å²) >= 11 is 0. The fourth-order valence-corrected chi connectivity index (χ4v) is 9.63. The van der Waals surface area contributed by atoms with Crippen molar-refractivity contribution in [3.8, 4) is 0 Å². The van der Waals surface area contributed by atoms with Crippen LogP contribution in [0.5, 0.6) is 0 Å². The Morgan fingerprint density at radius 2 is 1.54 bits per heavy atom. The largest absolute Gasteiger partial charge is 0.460 e. The highest BCUT2D eigenvalue weighted by molar-refractivity contribution is 8.33. The van der Waals surface area contributed by atoms with Crippen LogP contribution in [0.4, 0.5) is 39.5 Å². The molecule has 0 amide bonds. The number of rotatable bonds is 10. The summed E-state index contributed by atoms with van der Waals surface area (Å²) < 4.78 is 162. The lowest BCUT2D eigenvalue weighted by molar-refractivity contribution is -0.382. The summed E-state index contributed by atoms with van der Waals surface area (Å²) in [7, 11) is -10.6. The van der Waals surface area contributed by atoms with Gasteiger partial charge < -0.3 is 9.47 Å². The van der Waals surface area contributed by atoms with E-state index in [1.165, 1.54) is 24.3 Å². The maximum Gasteiger partial charge on any atom is 0.460 e. The molecule has 0 radical (unpaired) electrons. The minimum absolute atomic E-state index is 0.00150. The molecule has 37 heavy (non-hydrogen) atoms. The van der Waals surface area contributed by atoms with Gasteiger partial charge in [0.2, 0.25) is 0 Å². The second-order valence-electron chi connectivity index (χ2n) is 8.03. The smallest absolute Gasteiger partial charge is 0.356 e. The molecule has 2 aromatic rings. The van der Waals surface area contributed by atoms with Crippen LogP contribution < -0.4 is 0 Å². The molecule has 0 N–H and O–H groups in total. The Morgan fingerprint density at radius 3 is 2.16 bits per heavy atom. The zero-order valence-corrected chi connectivity index (χ0v) is 20.5. The van der Waals surface area contributed by atoms with Crippen LogP contribution in [0.3, 0.4) is 0 Å². The molecule has 3 rings (SSSR count). The number of benzene rings is 2. The van der Waals surface area contributed by atoms with E-state index in [0.717, 1.165) is 0 Å². The van der Waals surface area contributed by atoms with Crippen molar-refractivity contribution >= 4 is 31.2 Å². The van der Waals surface area contributed by atoms with E-state index in [2.05, 4.69) is 3.63 Å². The standard InChI is InChI=1S/C21H21F9O5S2/c1-2-33-13-34-15-10-11-36(12-15,17-9-5-7-14-6-3-4-8-16(14)17)35-37(31,32)21(29,30)19(24,25)18(22,23)20(26,27)28/h3-9,15H,2,10-13H2,1H3. The van der Waals surface area contributed by atoms with Gasteiger partial charge in [-0.2, -0.15) is 47.9 Å². The molecule has 1 aliphatic heterocycles. The first-order chi connectivity index (χ1) is 16.9. The van der Waals surface area contributed by atoms with Crippen LogP contribution >= 0.6 is 10.3 Å². The van der Waals surface area contributed by atoms with Gasteiger partial charge in [-0.3, -0.25) is 0 Å². The quantitative estimate of drug-likeness (QED) is 0.181. The lowest BCUT2D eigenvalue weighted by atomic mass is 10.1. The summed E-state index contributed by atoms with van der Waals surface area (Å²) in [5, 5.41) is -6.18. The molecule has 1 aliphatic rings. The third kappa shape index (κ3) is 5.14. The molecule has 2 unspecified atom stereocenters. The number of halogens is 9. The van der Waals surface area contributed by atoms with Gasteiger partial charge in [0.05, 0.1) is 6.10 Å². The highest BCUT2D eigenvalue weighted by Gasteiger charge is 2.86. The lowest BCUT2D eigenvalue weighted by Crippen LogP contribution is -2.63. The van der Waals surface area contributed by atoms with Gasteiger partial charge in [0.1, 0.15) is 6.79 Å². The van der Waals surface area contributed by atoms with Crippen LogP contribution in [0.1, 0.15) is 13.3 Å². The Morgan fingerprint density at radius 1 is 0.919 bits per heavy atom. The number of hydrogen-bond donors (Lipinski definition) is 0. The molecule has 210 valence electrons. The molecular formula is C21H21F9O5S2. The third-order valence-electron chi connectivity index (χ3n) is 5.62. The first-order valence-electron chi connectivity index (χ1n) is 10.5. The molecule has 0 aliphatic carbocycles. The normalized spacial score (nSPS) is 23.8. The maximum atomic E-state index is 14.5. The monoisotopic (exact) mass is 588 g/mol. The van der Waals surface area contributed by atoms with Crippen LogP contribution in [-0.2, 0) is 23.2 Å². The van der Waals surface area contributed by atoms with E-state index in [0.29, 0.717) is 5.39 Å². The summed E-state index contributed by atoms with van der Waals surface area (Å²) in [6, 6.07) is 10.4. The van der Waals surface area contributed by atoms with Crippen molar-refractivity contribution < 1.29 is 61.0 Å². The molecule has 0 saturated carbocycles. The van der Waals surface area contributed by atoms with Crippen molar-refractivity contribution in [3.63, 3.8) is 0 Å². The predicted octanol–water partition coefficient (Wildman–Crippen LogP) is 6.47. The fraction of sp³-hybridized carbons (Fsp3) is 0.524. The molecule has 1 saturated heterocycles. The van der Waals surface area contributed by atoms with E-state index in [-0.39, 0.29) is 35.9 Å². The Balaban J connectivity index is 2.11. The molecule has 0 bridgehead atoms. The lowest BCUT2D eigenvalue weighted by Gasteiger charge is -2.39. The van der Waals surface area contributed by atoms with Gasteiger partial charge in [-0.1, -0.05) is 46.7 Å². The van der Waals surface area contributed by atoms with Gasteiger partial charge in [0, 0.05) is 23.0 Å². The van der Waals surface area contributed by atoms with E-state index >= 15 is 0 Å². The van der Waals surface area contributed by atoms with Gasteiger partial charge in [0.25, 0.3) is 0 Å². The zero-order chi connectivity index (χ0) is 27.9. The summed E-state index contributed by atoms with van der Waals surface area (Å²) in [6.07, 6.45) is -8.08. The average molecular weight is 589 g/mol. The van der Waals surface area contributed by atoms with Gasteiger partial charge in [-0.15, -0.1) is 0 Å². The fourth-order valence-electron chi connectivity index (χ4n) is 3.70. The van der Waals surface area contributed by atoms with Crippen molar-refractivity contribution in [2.24, 2.45) is 0 Å². The molecule has 0 spiro atoms. The molecule has 1 fully saturated rings. The first-order valence-corrected chi connectivity index (χ1v) is 13.9. The number of ether oxygens (including phenoxy) is 2. The van der Waals surface area contributed by atoms with Crippen LogP contribution in [-0.4, -0.2) is 62.7 Å². The second-order valence-corrected chi connectivity index (χ2v) is 12.8. The number of hydrogen-bond acceptors (Lipinski definition) is 5. The van der Waals surface area contributed by atoms with E-state index in [9.17, 15) is 47.9 Å². The van der Waals surface area contributed by atoms with Gasteiger partial charge >= 0.3 is 33.4 Å². The summed E-state index contributed by atoms with van der Waals surface area (Å²) in [5.41, 5.74) is 0. The van der Waals surface area contributed by atoms with E-state index < -0.39 is 55.6 Å². The number of alkyl halides is 9. The van der Waals surface area contributed by atoms with E-state index in [1.54, 1.807) is 25.1 Å². The highest BCUT2D eigenvalue weighted by atomic mass is 32.3. The van der Waals surface area contributed by atoms with Crippen molar-refractivity contribution in [2.45, 2.75) is 47.6 Å². The van der Waals surface area contributed by atoms with Crippen molar-refractivity contribution in [3.05, 3.63) is 42.5 Å². The highest BCUT2D eigenvalue weighted by Crippen LogP contribution is 2.66. The maximum absolute atomic E-state index is 14.5. The van der Waals surface area contributed by atoms with Crippen LogP contribution in [0, 0.1) is 0 Å². The van der Waals surface area contributed by atoms with Gasteiger partial charge in [-0.25, -0.2) is 3.63 Å². The summed E-state index contributed by atoms with van der Waals surface area (Å²) in [6.45, 7) is 1.58. The van der Waals surface area contributed by atoms with Gasteiger partial charge in [0.15, 0.2) is 0 Å². The molecule has 1 heterocycles. The molecule has 0 aromatic heterocycles. The average Bonchev–Trinajstić information content (AvgIpc) is 3.20. The van der Waals surface area contributed by atoms with Crippen LogP contribution in [0.15, 0.2) is 47.4 Å². The van der Waals surface area contributed by atoms with Gasteiger partial charge in [-0.05, 0) is 30.2 Å². The van der Waals surface area contributed by atoms with Crippen molar-refractivity contribution in [1.82, 2.24) is 0 Å². The topological polar surface area (TPSA) is 61.8 Å². The van der Waals surface area contributed by atoms with Crippen LogP contribution in [0.2, 0.25) is 0 Å². The Bertz CT molecular complexity index is 1220. The summed E-state index contributed by atoms with van der Waals surface area (Å²) in [5.74, 6) is -15.6. The van der Waals surface area contributed by atoms with E-state index in [4.69, 9.17) is 9.47 Å². The zero-order valence-electron chi connectivity index (χ0n) is 18.9. The van der Waals surface area contributed by atoms with E-state index in [1.807, 2.05) is 0 Å². The molecule has 5 nitrogen and oxygen atoms in total. The van der Waals surface area contributed by atoms with Crippen molar-refractivity contribution in [1.29, 1.82) is 0 Å². The SMILES string of the molecule is CCOCOC1CCS(OS(=O)(=O)C(F)(F)C(F)(F)C(F)(F)C(F)(F)F)(c2cccc3ccccc23)C1. The molecular weight excluding hydrogens is 567 g/mol. The summed E-state index contributed by atoms with van der Waals surface area (Å²) in [4.78, 5) is -0.00150. The second kappa shape index (κ2) is 10.1. The van der Waals surface area contributed by atoms with Crippen molar-refractivity contribution in [2.75, 3.05) is 24.9 Å². The minimum atomic E-state index is -7.39. The Hall–Kier alpha value is -1.75. The molecule has 2 aromatic carbocycles. The third-order valence-corrected chi connectivity index (χ3v) is 11.2. The minimum Gasteiger partial charge on any atom is -0.356 e.